The SMILES string of the molecule is O=C(N1CCCC(c2ccccc2)(c2ccccc2)C1)C1(CO)CC1. The smallest absolute Gasteiger partial charge is 0.231 e. The van der Waals surface area contributed by atoms with Crippen LogP contribution in [0.5, 0.6) is 0 Å². The molecule has 1 aliphatic heterocycles. The number of carbonyl (C=O) groups excluding carboxylic acids is 1. The summed E-state index contributed by atoms with van der Waals surface area (Å²) in [5.74, 6) is 0.144. The molecule has 3 nitrogen and oxygen atoms in total. The summed E-state index contributed by atoms with van der Waals surface area (Å²) < 4.78 is 0. The van der Waals surface area contributed by atoms with Crippen molar-refractivity contribution in [1.82, 2.24) is 4.90 Å². The average molecular weight is 335 g/mol. The van der Waals surface area contributed by atoms with Crippen LogP contribution in [0.4, 0.5) is 0 Å². The van der Waals surface area contributed by atoms with E-state index in [2.05, 4.69) is 48.5 Å². The van der Waals surface area contributed by atoms with Gasteiger partial charge in [0, 0.05) is 18.5 Å². The molecule has 1 N–H and O–H groups in total. The van der Waals surface area contributed by atoms with Gasteiger partial charge in [0.1, 0.15) is 0 Å². The quantitative estimate of drug-likeness (QED) is 0.931. The Labute approximate surface area is 149 Å². The van der Waals surface area contributed by atoms with Crippen LogP contribution >= 0.6 is 0 Å². The van der Waals surface area contributed by atoms with Crippen LogP contribution < -0.4 is 0 Å². The molecule has 0 unspecified atom stereocenters. The Hall–Kier alpha value is -2.13. The maximum absolute atomic E-state index is 13.0. The van der Waals surface area contributed by atoms with E-state index >= 15 is 0 Å². The lowest BCUT2D eigenvalue weighted by Crippen LogP contribution is -2.51. The number of amides is 1. The van der Waals surface area contributed by atoms with Gasteiger partial charge >= 0.3 is 0 Å². The molecule has 0 aromatic heterocycles. The molecular formula is C22H25NO2. The number of nitrogens with zero attached hydrogens (tertiary/aromatic N) is 1. The maximum atomic E-state index is 13.0. The molecule has 1 aliphatic carbocycles. The summed E-state index contributed by atoms with van der Waals surface area (Å²) in [6.45, 7) is 1.47. The van der Waals surface area contributed by atoms with Crippen molar-refractivity contribution in [3.63, 3.8) is 0 Å². The molecule has 1 saturated heterocycles. The van der Waals surface area contributed by atoms with Crippen molar-refractivity contribution in [3.05, 3.63) is 71.8 Å². The van der Waals surface area contributed by atoms with Gasteiger partial charge in [-0.05, 0) is 36.8 Å². The topological polar surface area (TPSA) is 40.5 Å². The standard InChI is InChI=1S/C22H25NO2/c24-17-21(13-14-21)20(25)23-15-7-12-22(16-23,18-8-3-1-4-9-18)19-10-5-2-6-11-19/h1-6,8-11,24H,7,12-17H2. The van der Waals surface area contributed by atoms with Crippen molar-refractivity contribution >= 4 is 5.91 Å². The molecule has 1 amide bonds. The number of hydrogen-bond donors (Lipinski definition) is 1. The van der Waals surface area contributed by atoms with E-state index in [9.17, 15) is 9.90 Å². The predicted octanol–water partition coefficient (Wildman–Crippen LogP) is 3.37. The third kappa shape index (κ3) is 2.77. The molecule has 25 heavy (non-hydrogen) atoms. The zero-order valence-electron chi connectivity index (χ0n) is 14.5. The van der Waals surface area contributed by atoms with Crippen molar-refractivity contribution in [3.8, 4) is 0 Å². The van der Waals surface area contributed by atoms with Crippen LogP contribution in [0.15, 0.2) is 60.7 Å². The lowest BCUT2D eigenvalue weighted by atomic mass is 9.69. The summed E-state index contributed by atoms with van der Waals surface area (Å²) in [6, 6.07) is 21.1. The second-order valence-corrected chi connectivity index (χ2v) is 7.58. The second-order valence-electron chi connectivity index (χ2n) is 7.58. The molecule has 2 aromatic rings. The van der Waals surface area contributed by atoms with Gasteiger partial charge in [-0.25, -0.2) is 0 Å². The van der Waals surface area contributed by atoms with E-state index in [0.29, 0.717) is 6.54 Å². The van der Waals surface area contributed by atoms with Crippen molar-refractivity contribution in [2.24, 2.45) is 5.41 Å². The highest BCUT2D eigenvalue weighted by atomic mass is 16.3. The molecule has 2 fully saturated rings. The van der Waals surface area contributed by atoms with Crippen molar-refractivity contribution < 1.29 is 9.90 Å². The van der Waals surface area contributed by atoms with E-state index in [4.69, 9.17) is 0 Å². The highest BCUT2D eigenvalue weighted by Gasteiger charge is 2.53. The Morgan fingerprint density at radius 1 is 0.920 bits per heavy atom. The first-order valence-corrected chi connectivity index (χ1v) is 9.22. The van der Waals surface area contributed by atoms with Crippen LogP contribution in [0.1, 0.15) is 36.8 Å². The molecule has 0 radical (unpaired) electrons. The molecule has 3 heteroatoms. The van der Waals surface area contributed by atoms with Gasteiger partial charge in [0.2, 0.25) is 5.91 Å². The van der Waals surface area contributed by atoms with E-state index < -0.39 is 5.41 Å². The summed E-state index contributed by atoms with van der Waals surface area (Å²) in [5, 5.41) is 9.67. The number of piperidine rings is 1. The fourth-order valence-corrected chi connectivity index (χ4v) is 4.31. The van der Waals surface area contributed by atoms with Crippen molar-refractivity contribution in [1.29, 1.82) is 0 Å². The maximum Gasteiger partial charge on any atom is 0.231 e. The fourth-order valence-electron chi connectivity index (χ4n) is 4.31. The minimum Gasteiger partial charge on any atom is -0.395 e. The summed E-state index contributed by atoms with van der Waals surface area (Å²) in [7, 11) is 0. The predicted molar refractivity (Wildman–Crippen MR) is 98.2 cm³/mol. The monoisotopic (exact) mass is 335 g/mol. The van der Waals surface area contributed by atoms with Crippen molar-refractivity contribution in [2.45, 2.75) is 31.1 Å². The number of benzene rings is 2. The fraction of sp³-hybridized carbons (Fsp3) is 0.409. The summed E-state index contributed by atoms with van der Waals surface area (Å²) in [5.41, 5.74) is 1.89. The molecule has 130 valence electrons. The number of aliphatic hydroxyl groups excluding tert-OH is 1. The second kappa shape index (κ2) is 6.30. The lowest BCUT2D eigenvalue weighted by Gasteiger charge is -2.44. The minimum absolute atomic E-state index is 0.0218. The summed E-state index contributed by atoms with van der Waals surface area (Å²) >= 11 is 0. The molecule has 0 spiro atoms. The number of hydrogen-bond acceptors (Lipinski definition) is 2. The first kappa shape index (κ1) is 16.3. The molecule has 0 bridgehead atoms. The van der Waals surface area contributed by atoms with E-state index in [1.54, 1.807) is 0 Å². The Kier molecular flexibility index (Phi) is 4.12. The largest absolute Gasteiger partial charge is 0.395 e. The highest BCUT2D eigenvalue weighted by molar-refractivity contribution is 5.85. The van der Waals surface area contributed by atoms with Gasteiger partial charge in [0.25, 0.3) is 0 Å². The van der Waals surface area contributed by atoms with Crippen LogP contribution in [-0.4, -0.2) is 35.6 Å². The Balaban J connectivity index is 1.73. The molecule has 0 atom stereocenters. The first-order chi connectivity index (χ1) is 12.2. The molecule has 2 aliphatic rings. The zero-order chi connectivity index (χ0) is 17.3. The van der Waals surface area contributed by atoms with Crippen LogP contribution in [0.2, 0.25) is 0 Å². The normalized spacial score (nSPS) is 20.9. The van der Waals surface area contributed by atoms with Crippen LogP contribution in [0.3, 0.4) is 0 Å². The summed E-state index contributed by atoms with van der Waals surface area (Å²) in [6.07, 6.45) is 3.67. The van der Waals surface area contributed by atoms with Crippen molar-refractivity contribution in [2.75, 3.05) is 19.7 Å². The third-order valence-corrected chi connectivity index (χ3v) is 6.04. The highest BCUT2D eigenvalue weighted by Crippen LogP contribution is 2.48. The molecule has 1 saturated carbocycles. The van der Waals surface area contributed by atoms with Gasteiger partial charge in [0.05, 0.1) is 12.0 Å². The van der Waals surface area contributed by atoms with Gasteiger partial charge in [-0.3, -0.25) is 4.79 Å². The van der Waals surface area contributed by atoms with Gasteiger partial charge < -0.3 is 10.0 Å². The number of rotatable bonds is 4. The van der Waals surface area contributed by atoms with E-state index in [0.717, 1.165) is 32.2 Å². The van der Waals surface area contributed by atoms with Gasteiger partial charge in [-0.2, -0.15) is 0 Å². The number of aliphatic hydroxyl groups is 1. The van der Waals surface area contributed by atoms with Crippen LogP contribution in [-0.2, 0) is 10.2 Å². The Morgan fingerprint density at radius 2 is 1.48 bits per heavy atom. The number of likely N-dealkylation sites (tertiary alicyclic amines) is 1. The van der Waals surface area contributed by atoms with Gasteiger partial charge in [0.15, 0.2) is 0 Å². The molecule has 4 rings (SSSR count). The molecule has 2 aromatic carbocycles. The average Bonchev–Trinajstić information content (AvgIpc) is 3.50. The zero-order valence-corrected chi connectivity index (χ0v) is 14.5. The Bertz CT molecular complexity index is 698. The van der Waals surface area contributed by atoms with E-state index in [1.165, 1.54) is 11.1 Å². The van der Waals surface area contributed by atoms with Crippen LogP contribution in [0.25, 0.3) is 0 Å². The van der Waals surface area contributed by atoms with Gasteiger partial charge in [-0.1, -0.05) is 60.7 Å². The first-order valence-electron chi connectivity index (χ1n) is 9.22. The summed E-state index contributed by atoms with van der Waals surface area (Å²) in [4.78, 5) is 15.0. The molecule has 1 heterocycles. The third-order valence-electron chi connectivity index (χ3n) is 6.04. The molecular weight excluding hydrogens is 310 g/mol. The van der Waals surface area contributed by atoms with E-state index in [-0.39, 0.29) is 17.9 Å². The lowest BCUT2D eigenvalue weighted by molar-refractivity contribution is -0.140. The Morgan fingerprint density at radius 3 is 1.96 bits per heavy atom. The number of carbonyl (C=O) groups is 1. The van der Waals surface area contributed by atoms with Crippen LogP contribution in [0, 0.1) is 5.41 Å². The minimum atomic E-state index is -0.490. The van der Waals surface area contributed by atoms with Gasteiger partial charge in [-0.15, -0.1) is 0 Å². The van der Waals surface area contributed by atoms with E-state index in [1.807, 2.05) is 17.0 Å².